The fourth-order valence-electron chi connectivity index (χ4n) is 3.76. The van der Waals surface area contributed by atoms with Crippen LogP contribution in [0.1, 0.15) is 24.1 Å². The molecule has 0 aliphatic carbocycles. The third-order valence-electron chi connectivity index (χ3n) is 5.88. The summed E-state index contributed by atoms with van der Waals surface area (Å²) in [6.45, 7) is 6.22. The molecular weight excluding hydrogens is 396 g/mol. The van der Waals surface area contributed by atoms with Gasteiger partial charge in [0.15, 0.2) is 0 Å². The van der Waals surface area contributed by atoms with Crippen LogP contribution < -0.4 is 9.62 Å². The molecule has 3 rings (SSSR count). The van der Waals surface area contributed by atoms with Crippen LogP contribution >= 0.6 is 0 Å². The number of anilines is 1. The first-order valence-corrected chi connectivity index (χ1v) is 12.1. The van der Waals surface area contributed by atoms with E-state index in [-0.39, 0.29) is 6.04 Å². The predicted octanol–water partition coefficient (Wildman–Crippen LogP) is 2.58. The van der Waals surface area contributed by atoms with E-state index < -0.39 is 10.0 Å². The monoisotopic (exact) mass is 430 g/mol. The third kappa shape index (κ3) is 5.60. The first kappa shape index (κ1) is 22.7. The fraction of sp³-hybridized carbons (Fsp3) is 0.478. The van der Waals surface area contributed by atoms with E-state index in [1.807, 2.05) is 26.2 Å². The SMILES string of the molecule is CCc1ccc(S(=O)(=O)NC[C@H](c2ccc(N(C)C)cc2)N2CCN(C)CC2)cc1. The number of piperazine rings is 1. The van der Waals surface area contributed by atoms with Gasteiger partial charge in [-0.05, 0) is 48.9 Å². The molecule has 1 aliphatic rings. The molecule has 1 saturated heterocycles. The molecule has 164 valence electrons. The van der Waals surface area contributed by atoms with Crippen LogP contribution in [-0.2, 0) is 16.4 Å². The van der Waals surface area contributed by atoms with E-state index >= 15 is 0 Å². The molecule has 0 saturated carbocycles. The number of hydrogen-bond acceptors (Lipinski definition) is 5. The molecule has 30 heavy (non-hydrogen) atoms. The lowest BCUT2D eigenvalue weighted by molar-refractivity contribution is 0.113. The highest BCUT2D eigenvalue weighted by molar-refractivity contribution is 7.89. The maximum atomic E-state index is 12.9. The summed E-state index contributed by atoms with van der Waals surface area (Å²) < 4.78 is 28.7. The Morgan fingerprint density at radius 2 is 1.57 bits per heavy atom. The molecule has 0 radical (unpaired) electrons. The van der Waals surface area contributed by atoms with E-state index in [0.717, 1.165) is 49.4 Å². The quantitative estimate of drug-likeness (QED) is 0.698. The summed E-state index contributed by atoms with van der Waals surface area (Å²) >= 11 is 0. The zero-order valence-electron chi connectivity index (χ0n) is 18.5. The van der Waals surface area contributed by atoms with Gasteiger partial charge in [0, 0.05) is 58.5 Å². The normalized spacial score (nSPS) is 17.1. The highest BCUT2D eigenvalue weighted by atomic mass is 32.2. The molecule has 2 aromatic rings. The molecule has 7 heteroatoms. The number of rotatable bonds is 8. The van der Waals surface area contributed by atoms with Crippen LogP contribution in [-0.4, -0.2) is 72.1 Å². The topological polar surface area (TPSA) is 55.9 Å². The minimum absolute atomic E-state index is 0.000368. The van der Waals surface area contributed by atoms with Crippen LogP contribution in [0.3, 0.4) is 0 Å². The summed E-state index contributed by atoms with van der Waals surface area (Å²) in [5, 5.41) is 0. The minimum Gasteiger partial charge on any atom is -0.378 e. The third-order valence-corrected chi connectivity index (χ3v) is 7.32. The van der Waals surface area contributed by atoms with Gasteiger partial charge in [-0.2, -0.15) is 0 Å². The number of sulfonamides is 1. The maximum absolute atomic E-state index is 12.9. The number of aryl methyl sites for hydroxylation is 1. The Bertz CT molecular complexity index is 903. The van der Waals surface area contributed by atoms with Crippen molar-refractivity contribution in [3.05, 3.63) is 59.7 Å². The molecule has 0 bridgehead atoms. The van der Waals surface area contributed by atoms with Gasteiger partial charge in [-0.1, -0.05) is 31.2 Å². The Hall–Kier alpha value is -1.93. The van der Waals surface area contributed by atoms with Crippen molar-refractivity contribution in [3.63, 3.8) is 0 Å². The maximum Gasteiger partial charge on any atom is 0.240 e. The number of benzene rings is 2. The molecule has 0 spiro atoms. The first-order valence-electron chi connectivity index (χ1n) is 10.6. The van der Waals surface area contributed by atoms with E-state index in [0.29, 0.717) is 11.4 Å². The van der Waals surface area contributed by atoms with E-state index in [1.54, 1.807) is 12.1 Å². The molecule has 0 aromatic heterocycles. The van der Waals surface area contributed by atoms with E-state index in [1.165, 1.54) is 0 Å². The van der Waals surface area contributed by atoms with Gasteiger partial charge in [0.25, 0.3) is 0 Å². The van der Waals surface area contributed by atoms with Crippen molar-refractivity contribution in [1.82, 2.24) is 14.5 Å². The number of nitrogens with zero attached hydrogens (tertiary/aromatic N) is 3. The van der Waals surface area contributed by atoms with Crippen LogP contribution in [0.15, 0.2) is 53.4 Å². The smallest absolute Gasteiger partial charge is 0.240 e. The predicted molar refractivity (Wildman–Crippen MR) is 124 cm³/mol. The minimum atomic E-state index is -3.55. The van der Waals surface area contributed by atoms with Crippen LogP contribution in [0.4, 0.5) is 5.69 Å². The molecule has 0 amide bonds. The second kappa shape index (κ2) is 9.92. The van der Waals surface area contributed by atoms with Crippen molar-refractivity contribution < 1.29 is 8.42 Å². The van der Waals surface area contributed by atoms with Gasteiger partial charge in [0.1, 0.15) is 0 Å². The van der Waals surface area contributed by atoms with Gasteiger partial charge < -0.3 is 9.80 Å². The van der Waals surface area contributed by atoms with Crippen molar-refractivity contribution >= 4 is 15.7 Å². The second-order valence-electron chi connectivity index (χ2n) is 8.19. The molecule has 1 N–H and O–H groups in total. The second-order valence-corrected chi connectivity index (χ2v) is 9.96. The summed E-state index contributed by atoms with van der Waals surface area (Å²) in [6.07, 6.45) is 0.891. The van der Waals surface area contributed by atoms with Crippen LogP contribution in [0.25, 0.3) is 0 Å². The highest BCUT2D eigenvalue weighted by Gasteiger charge is 2.26. The van der Waals surface area contributed by atoms with Gasteiger partial charge in [0.05, 0.1) is 4.90 Å². The Kier molecular flexibility index (Phi) is 7.52. The largest absolute Gasteiger partial charge is 0.378 e. The fourth-order valence-corrected chi connectivity index (χ4v) is 4.80. The van der Waals surface area contributed by atoms with Crippen molar-refractivity contribution in [2.75, 3.05) is 58.8 Å². The van der Waals surface area contributed by atoms with Crippen LogP contribution in [0.2, 0.25) is 0 Å². The molecule has 1 heterocycles. The summed E-state index contributed by atoms with van der Waals surface area (Å²) in [4.78, 5) is 7.08. The van der Waals surface area contributed by atoms with Gasteiger partial charge in [0.2, 0.25) is 10.0 Å². The number of hydrogen-bond donors (Lipinski definition) is 1. The molecule has 1 atom stereocenters. The van der Waals surface area contributed by atoms with Crippen molar-refractivity contribution in [2.45, 2.75) is 24.3 Å². The van der Waals surface area contributed by atoms with Crippen LogP contribution in [0, 0.1) is 0 Å². The van der Waals surface area contributed by atoms with Crippen molar-refractivity contribution in [3.8, 4) is 0 Å². The summed E-state index contributed by atoms with van der Waals surface area (Å²) in [5.74, 6) is 0. The number of nitrogens with one attached hydrogen (secondary N) is 1. The molecule has 2 aromatic carbocycles. The summed E-state index contributed by atoms with van der Waals surface area (Å²) in [7, 11) is 2.61. The first-order chi connectivity index (χ1) is 14.3. The van der Waals surface area contributed by atoms with E-state index in [2.05, 4.69) is 57.7 Å². The standard InChI is InChI=1S/C23H34N4O2S/c1-5-19-6-12-22(13-7-19)30(28,29)24-18-23(27-16-14-26(4)15-17-27)20-8-10-21(11-9-20)25(2)3/h6-13,23-24H,5,14-18H2,1-4H3/t23-/m1/s1. The lowest BCUT2D eigenvalue weighted by atomic mass is 10.0. The molecule has 0 unspecified atom stereocenters. The van der Waals surface area contributed by atoms with Crippen LogP contribution in [0.5, 0.6) is 0 Å². The van der Waals surface area contributed by atoms with Crippen molar-refractivity contribution in [1.29, 1.82) is 0 Å². The van der Waals surface area contributed by atoms with Gasteiger partial charge >= 0.3 is 0 Å². The van der Waals surface area contributed by atoms with Gasteiger partial charge in [-0.25, -0.2) is 13.1 Å². The Labute approximate surface area is 181 Å². The van der Waals surface area contributed by atoms with Gasteiger partial charge in [-0.15, -0.1) is 0 Å². The average molecular weight is 431 g/mol. The molecule has 1 aliphatic heterocycles. The molecule has 6 nitrogen and oxygen atoms in total. The Balaban J connectivity index is 1.79. The highest BCUT2D eigenvalue weighted by Crippen LogP contribution is 2.25. The average Bonchev–Trinajstić information content (AvgIpc) is 2.75. The van der Waals surface area contributed by atoms with E-state index in [9.17, 15) is 8.42 Å². The molecule has 1 fully saturated rings. The summed E-state index contributed by atoms with van der Waals surface area (Å²) in [6, 6.07) is 15.6. The Morgan fingerprint density at radius 1 is 0.967 bits per heavy atom. The zero-order chi connectivity index (χ0) is 21.7. The summed E-state index contributed by atoms with van der Waals surface area (Å²) in [5.41, 5.74) is 3.40. The lowest BCUT2D eigenvalue weighted by Gasteiger charge is -2.38. The van der Waals surface area contributed by atoms with E-state index in [4.69, 9.17) is 0 Å². The Morgan fingerprint density at radius 3 is 2.10 bits per heavy atom. The number of likely N-dealkylation sites (N-methyl/N-ethyl adjacent to an activating group) is 1. The van der Waals surface area contributed by atoms with Gasteiger partial charge in [-0.3, -0.25) is 4.90 Å². The molecular formula is C23H34N4O2S. The van der Waals surface area contributed by atoms with Crippen molar-refractivity contribution in [2.24, 2.45) is 0 Å². The zero-order valence-corrected chi connectivity index (χ0v) is 19.3. The lowest BCUT2D eigenvalue weighted by Crippen LogP contribution is -2.48.